The van der Waals surface area contributed by atoms with Gasteiger partial charge >= 0.3 is 0 Å². The van der Waals surface area contributed by atoms with Crippen molar-refractivity contribution in [2.45, 2.75) is 6.61 Å². The van der Waals surface area contributed by atoms with Crippen molar-refractivity contribution in [1.82, 2.24) is 4.98 Å². The molecule has 3 nitrogen and oxygen atoms in total. The van der Waals surface area contributed by atoms with Crippen LogP contribution in [0.25, 0.3) is 10.9 Å². The molecular formula is C16H13ClN2O. The minimum Gasteiger partial charge on any atom is -0.487 e. The molecule has 0 amide bonds. The molecule has 0 aliphatic rings. The summed E-state index contributed by atoms with van der Waals surface area (Å²) in [6.45, 7) is 0.361. The smallest absolute Gasteiger partial charge is 0.146 e. The van der Waals surface area contributed by atoms with E-state index in [-0.39, 0.29) is 0 Å². The Morgan fingerprint density at radius 1 is 1.10 bits per heavy atom. The van der Waals surface area contributed by atoms with E-state index < -0.39 is 0 Å². The number of anilines is 1. The van der Waals surface area contributed by atoms with Crippen molar-refractivity contribution in [2.24, 2.45) is 0 Å². The molecule has 0 saturated carbocycles. The van der Waals surface area contributed by atoms with E-state index in [1.54, 1.807) is 18.3 Å². The van der Waals surface area contributed by atoms with Crippen LogP contribution in [0, 0.1) is 0 Å². The zero-order chi connectivity index (χ0) is 13.9. The highest BCUT2D eigenvalue weighted by Gasteiger charge is 2.05. The van der Waals surface area contributed by atoms with Crippen molar-refractivity contribution in [3.63, 3.8) is 0 Å². The highest BCUT2D eigenvalue weighted by Crippen LogP contribution is 2.25. The Morgan fingerprint density at radius 2 is 1.95 bits per heavy atom. The first-order valence-corrected chi connectivity index (χ1v) is 6.62. The summed E-state index contributed by atoms with van der Waals surface area (Å²) in [5, 5.41) is 1.69. The minimum absolute atomic E-state index is 0.361. The van der Waals surface area contributed by atoms with E-state index in [1.807, 2.05) is 36.4 Å². The number of nitrogens with two attached hydrogens (primary N) is 1. The number of ether oxygens (including phenoxy) is 1. The molecule has 0 bridgehead atoms. The van der Waals surface area contributed by atoms with Crippen LogP contribution < -0.4 is 10.5 Å². The van der Waals surface area contributed by atoms with Crippen LogP contribution in [0.3, 0.4) is 0 Å². The van der Waals surface area contributed by atoms with E-state index in [1.165, 1.54) is 0 Å². The van der Waals surface area contributed by atoms with E-state index in [0.717, 1.165) is 22.2 Å². The lowest BCUT2D eigenvalue weighted by atomic mass is 10.2. The zero-order valence-electron chi connectivity index (χ0n) is 10.7. The number of nitrogens with zero attached hydrogens (tertiary/aromatic N) is 1. The molecule has 0 unspecified atom stereocenters. The number of rotatable bonds is 3. The molecule has 0 fully saturated rings. The summed E-state index contributed by atoms with van der Waals surface area (Å²) in [6.07, 6.45) is 1.75. The molecule has 1 heterocycles. The fourth-order valence-electron chi connectivity index (χ4n) is 2.05. The molecule has 0 spiro atoms. The summed E-state index contributed by atoms with van der Waals surface area (Å²) >= 11 is 6.13. The minimum atomic E-state index is 0.361. The first kappa shape index (κ1) is 12.8. The lowest BCUT2D eigenvalue weighted by Gasteiger charge is -2.10. The molecule has 0 saturated heterocycles. The van der Waals surface area contributed by atoms with Crippen LogP contribution in [0.2, 0.25) is 5.02 Å². The summed E-state index contributed by atoms with van der Waals surface area (Å²) in [6, 6.07) is 15.1. The summed E-state index contributed by atoms with van der Waals surface area (Å²) in [4.78, 5) is 4.35. The van der Waals surface area contributed by atoms with Gasteiger partial charge in [0.2, 0.25) is 0 Å². The molecule has 0 radical (unpaired) electrons. The predicted molar refractivity (Wildman–Crippen MR) is 81.9 cm³/mol. The largest absolute Gasteiger partial charge is 0.487 e. The van der Waals surface area contributed by atoms with Gasteiger partial charge in [-0.1, -0.05) is 29.8 Å². The number of hydrogen-bond acceptors (Lipinski definition) is 3. The summed E-state index contributed by atoms with van der Waals surface area (Å²) in [7, 11) is 0. The van der Waals surface area contributed by atoms with Crippen molar-refractivity contribution in [2.75, 3.05) is 5.73 Å². The summed E-state index contributed by atoms with van der Waals surface area (Å²) in [5.41, 5.74) is 8.13. The van der Waals surface area contributed by atoms with Crippen molar-refractivity contribution < 1.29 is 4.74 Å². The van der Waals surface area contributed by atoms with Crippen LogP contribution in [0.4, 0.5) is 5.69 Å². The van der Waals surface area contributed by atoms with E-state index in [0.29, 0.717) is 17.3 Å². The number of halogens is 1. The Labute approximate surface area is 122 Å². The maximum atomic E-state index is 6.13. The topological polar surface area (TPSA) is 48.1 Å². The van der Waals surface area contributed by atoms with Gasteiger partial charge in [-0.3, -0.25) is 4.98 Å². The molecule has 100 valence electrons. The Hall–Kier alpha value is -2.26. The monoisotopic (exact) mass is 284 g/mol. The summed E-state index contributed by atoms with van der Waals surface area (Å²) in [5.74, 6) is 0.738. The van der Waals surface area contributed by atoms with Gasteiger partial charge in [0.25, 0.3) is 0 Å². The Balaban J connectivity index is 1.89. The second-order valence-corrected chi connectivity index (χ2v) is 4.88. The normalized spacial score (nSPS) is 10.7. The van der Waals surface area contributed by atoms with Crippen LogP contribution in [0.15, 0.2) is 54.7 Å². The van der Waals surface area contributed by atoms with Crippen LogP contribution in [0.1, 0.15) is 5.56 Å². The third-order valence-electron chi connectivity index (χ3n) is 3.05. The third-order valence-corrected chi connectivity index (χ3v) is 3.42. The van der Waals surface area contributed by atoms with Gasteiger partial charge in [0.15, 0.2) is 0 Å². The molecule has 1 aromatic heterocycles. The Morgan fingerprint density at radius 3 is 2.85 bits per heavy atom. The average Bonchev–Trinajstić information content (AvgIpc) is 2.48. The van der Waals surface area contributed by atoms with Gasteiger partial charge in [-0.25, -0.2) is 0 Å². The molecule has 3 rings (SSSR count). The standard InChI is InChI=1S/C16H13ClN2O/c17-14-7-6-13(18)9-12(14)10-20-15-5-1-3-11-4-2-8-19-16(11)15/h1-9H,10,18H2. The quantitative estimate of drug-likeness (QED) is 0.738. The fraction of sp³-hybridized carbons (Fsp3) is 0.0625. The van der Waals surface area contributed by atoms with Crippen LogP contribution >= 0.6 is 11.6 Å². The molecule has 0 atom stereocenters. The zero-order valence-corrected chi connectivity index (χ0v) is 11.5. The predicted octanol–water partition coefficient (Wildman–Crippen LogP) is 4.05. The molecular weight excluding hydrogens is 272 g/mol. The Kier molecular flexibility index (Phi) is 3.44. The van der Waals surface area contributed by atoms with E-state index in [2.05, 4.69) is 4.98 Å². The first-order chi connectivity index (χ1) is 9.74. The third kappa shape index (κ3) is 2.53. The molecule has 3 aromatic rings. The number of pyridine rings is 1. The lowest BCUT2D eigenvalue weighted by molar-refractivity contribution is 0.309. The van der Waals surface area contributed by atoms with E-state index in [4.69, 9.17) is 22.1 Å². The van der Waals surface area contributed by atoms with E-state index >= 15 is 0 Å². The molecule has 2 aromatic carbocycles. The lowest BCUT2D eigenvalue weighted by Crippen LogP contribution is -1.98. The highest BCUT2D eigenvalue weighted by atomic mass is 35.5. The maximum absolute atomic E-state index is 6.13. The number of para-hydroxylation sites is 1. The van der Waals surface area contributed by atoms with Crippen molar-refractivity contribution >= 4 is 28.2 Å². The van der Waals surface area contributed by atoms with Gasteiger partial charge in [-0.05, 0) is 30.3 Å². The van der Waals surface area contributed by atoms with E-state index in [9.17, 15) is 0 Å². The molecule has 0 aliphatic heterocycles. The molecule has 0 aliphatic carbocycles. The highest BCUT2D eigenvalue weighted by molar-refractivity contribution is 6.31. The fourth-order valence-corrected chi connectivity index (χ4v) is 2.23. The maximum Gasteiger partial charge on any atom is 0.146 e. The second-order valence-electron chi connectivity index (χ2n) is 4.47. The number of benzene rings is 2. The van der Waals surface area contributed by atoms with Crippen LogP contribution in [0.5, 0.6) is 5.75 Å². The summed E-state index contributed by atoms with van der Waals surface area (Å²) < 4.78 is 5.84. The van der Waals surface area contributed by atoms with Gasteiger partial charge in [-0.15, -0.1) is 0 Å². The second kappa shape index (κ2) is 5.39. The number of hydrogen-bond donors (Lipinski definition) is 1. The van der Waals surface area contributed by atoms with Crippen molar-refractivity contribution in [1.29, 1.82) is 0 Å². The number of fused-ring (bicyclic) bond motifs is 1. The van der Waals surface area contributed by atoms with Gasteiger partial charge in [0.1, 0.15) is 17.9 Å². The van der Waals surface area contributed by atoms with Crippen molar-refractivity contribution in [3.05, 3.63) is 65.3 Å². The number of aromatic nitrogens is 1. The van der Waals surface area contributed by atoms with Gasteiger partial charge in [-0.2, -0.15) is 0 Å². The first-order valence-electron chi connectivity index (χ1n) is 6.24. The van der Waals surface area contributed by atoms with Gasteiger partial charge in [0.05, 0.1) is 0 Å². The number of nitrogen functional groups attached to an aromatic ring is 1. The molecule has 20 heavy (non-hydrogen) atoms. The van der Waals surface area contributed by atoms with Gasteiger partial charge < -0.3 is 10.5 Å². The van der Waals surface area contributed by atoms with Crippen molar-refractivity contribution in [3.8, 4) is 5.75 Å². The molecule has 2 N–H and O–H groups in total. The van der Waals surface area contributed by atoms with Gasteiger partial charge in [0, 0.05) is 27.9 Å². The average molecular weight is 285 g/mol. The van der Waals surface area contributed by atoms with Crippen LogP contribution in [-0.2, 0) is 6.61 Å². The Bertz CT molecular complexity index is 753. The SMILES string of the molecule is Nc1ccc(Cl)c(COc2cccc3cccnc23)c1. The molecule has 4 heteroatoms. The van der Waals surface area contributed by atoms with Crippen LogP contribution in [-0.4, -0.2) is 4.98 Å².